The molecule has 0 fully saturated rings. The highest BCUT2D eigenvalue weighted by Gasteiger charge is 2.15. The van der Waals surface area contributed by atoms with E-state index in [1.54, 1.807) is 19.1 Å². The molecule has 0 aliphatic heterocycles. The van der Waals surface area contributed by atoms with Crippen LogP contribution in [0.5, 0.6) is 0 Å². The quantitative estimate of drug-likeness (QED) is 0.842. The van der Waals surface area contributed by atoms with Gasteiger partial charge in [-0.3, -0.25) is 0 Å². The zero-order valence-corrected chi connectivity index (χ0v) is 11.0. The standard InChI is InChI=1S/C9H12INO2S/c1-6(11)8-5-7(10)3-4-9(8)14(2,12)13/h3-6H,11H2,1-2H3. The van der Waals surface area contributed by atoms with Crippen molar-refractivity contribution in [2.24, 2.45) is 5.73 Å². The van der Waals surface area contributed by atoms with Gasteiger partial charge in [-0.25, -0.2) is 8.42 Å². The van der Waals surface area contributed by atoms with Gasteiger partial charge in [0.2, 0.25) is 0 Å². The second-order valence-electron chi connectivity index (χ2n) is 3.24. The summed E-state index contributed by atoms with van der Waals surface area (Å²) >= 11 is 2.13. The Morgan fingerprint density at radius 3 is 2.43 bits per heavy atom. The smallest absolute Gasteiger partial charge is 0.175 e. The summed E-state index contributed by atoms with van der Waals surface area (Å²) < 4.78 is 23.8. The Morgan fingerprint density at radius 1 is 1.43 bits per heavy atom. The first-order valence-corrected chi connectivity index (χ1v) is 7.04. The van der Waals surface area contributed by atoms with Crippen molar-refractivity contribution in [2.45, 2.75) is 17.9 Å². The second-order valence-corrected chi connectivity index (χ2v) is 6.47. The van der Waals surface area contributed by atoms with Crippen LogP contribution in [0.3, 0.4) is 0 Å². The van der Waals surface area contributed by atoms with E-state index in [4.69, 9.17) is 5.73 Å². The van der Waals surface area contributed by atoms with E-state index in [9.17, 15) is 8.42 Å². The van der Waals surface area contributed by atoms with Gasteiger partial charge in [0.05, 0.1) is 4.90 Å². The van der Waals surface area contributed by atoms with Gasteiger partial charge >= 0.3 is 0 Å². The van der Waals surface area contributed by atoms with Crippen molar-refractivity contribution in [3.05, 3.63) is 27.3 Å². The molecule has 1 aromatic rings. The molecule has 5 heteroatoms. The van der Waals surface area contributed by atoms with Crippen molar-refractivity contribution in [3.8, 4) is 0 Å². The Morgan fingerprint density at radius 2 is 2.00 bits per heavy atom. The molecule has 14 heavy (non-hydrogen) atoms. The lowest BCUT2D eigenvalue weighted by molar-refractivity contribution is 0.599. The van der Waals surface area contributed by atoms with E-state index >= 15 is 0 Å². The lowest BCUT2D eigenvalue weighted by Crippen LogP contribution is -2.11. The minimum Gasteiger partial charge on any atom is -0.324 e. The van der Waals surface area contributed by atoms with Crippen LogP contribution in [0.1, 0.15) is 18.5 Å². The van der Waals surface area contributed by atoms with Gasteiger partial charge in [0.25, 0.3) is 0 Å². The van der Waals surface area contributed by atoms with E-state index in [0.29, 0.717) is 10.5 Å². The van der Waals surface area contributed by atoms with E-state index < -0.39 is 9.84 Å². The third kappa shape index (κ3) is 2.68. The fraction of sp³-hybridized carbons (Fsp3) is 0.333. The van der Waals surface area contributed by atoms with Crippen molar-refractivity contribution >= 4 is 32.4 Å². The molecule has 2 N–H and O–H groups in total. The van der Waals surface area contributed by atoms with E-state index in [1.165, 1.54) is 6.26 Å². The number of rotatable bonds is 2. The molecule has 0 radical (unpaired) electrons. The average Bonchev–Trinajstić information content (AvgIpc) is 2.01. The number of hydrogen-bond acceptors (Lipinski definition) is 3. The van der Waals surface area contributed by atoms with Gasteiger partial charge in [0.15, 0.2) is 9.84 Å². The highest BCUT2D eigenvalue weighted by molar-refractivity contribution is 14.1. The van der Waals surface area contributed by atoms with Crippen LogP contribution in [0.4, 0.5) is 0 Å². The van der Waals surface area contributed by atoms with Crippen LogP contribution in [0.2, 0.25) is 0 Å². The summed E-state index contributed by atoms with van der Waals surface area (Å²) in [5, 5.41) is 0. The van der Waals surface area contributed by atoms with Crippen molar-refractivity contribution in [3.63, 3.8) is 0 Å². The van der Waals surface area contributed by atoms with Crippen LogP contribution in [-0.4, -0.2) is 14.7 Å². The molecule has 0 aliphatic carbocycles. The molecule has 0 aromatic heterocycles. The topological polar surface area (TPSA) is 60.2 Å². The summed E-state index contributed by atoms with van der Waals surface area (Å²) in [5.74, 6) is 0. The lowest BCUT2D eigenvalue weighted by atomic mass is 10.1. The molecule has 1 rings (SSSR count). The fourth-order valence-electron chi connectivity index (χ4n) is 1.21. The molecule has 0 aliphatic rings. The van der Waals surface area contributed by atoms with Crippen LogP contribution in [0.25, 0.3) is 0 Å². The average molecular weight is 325 g/mol. The molecule has 78 valence electrons. The molecular weight excluding hydrogens is 313 g/mol. The number of halogens is 1. The molecule has 0 bridgehead atoms. The maximum absolute atomic E-state index is 11.4. The number of hydrogen-bond donors (Lipinski definition) is 1. The molecule has 0 saturated heterocycles. The first-order valence-electron chi connectivity index (χ1n) is 4.07. The highest BCUT2D eigenvalue weighted by atomic mass is 127. The second kappa shape index (κ2) is 4.16. The Hall–Kier alpha value is -0.140. The SMILES string of the molecule is CC(N)c1cc(I)ccc1S(C)(=O)=O. The van der Waals surface area contributed by atoms with Gasteiger partial charge in [0, 0.05) is 15.9 Å². The van der Waals surface area contributed by atoms with E-state index in [0.717, 1.165) is 3.57 Å². The maximum atomic E-state index is 11.4. The van der Waals surface area contributed by atoms with Crippen LogP contribution in [0, 0.1) is 3.57 Å². The molecule has 1 unspecified atom stereocenters. The zero-order valence-electron chi connectivity index (χ0n) is 7.99. The third-order valence-electron chi connectivity index (χ3n) is 1.86. The molecule has 3 nitrogen and oxygen atoms in total. The van der Waals surface area contributed by atoms with Crippen LogP contribution >= 0.6 is 22.6 Å². The van der Waals surface area contributed by atoms with Gasteiger partial charge in [-0.15, -0.1) is 0 Å². The summed E-state index contributed by atoms with van der Waals surface area (Å²) in [4.78, 5) is 0.327. The van der Waals surface area contributed by atoms with Crippen molar-refractivity contribution in [1.82, 2.24) is 0 Å². The predicted octanol–water partition coefficient (Wildman–Crippen LogP) is 1.71. The lowest BCUT2D eigenvalue weighted by Gasteiger charge is -2.11. The Bertz CT molecular complexity index is 440. The third-order valence-corrected chi connectivity index (χ3v) is 3.70. The Kier molecular flexibility index (Phi) is 3.54. The van der Waals surface area contributed by atoms with E-state index in [2.05, 4.69) is 22.6 Å². The minimum absolute atomic E-state index is 0.269. The summed E-state index contributed by atoms with van der Waals surface area (Å²) in [6, 6.07) is 4.91. The largest absolute Gasteiger partial charge is 0.324 e. The van der Waals surface area contributed by atoms with Gasteiger partial charge < -0.3 is 5.73 Å². The fourth-order valence-corrected chi connectivity index (χ4v) is 2.72. The predicted molar refractivity (Wildman–Crippen MR) is 64.9 cm³/mol. The van der Waals surface area contributed by atoms with Crippen molar-refractivity contribution in [1.29, 1.82) is 0 Å². The maximum Gasteiger partial charge on any atom is 0.175 e. The molecule has 0 saturated carbocycles. The first kappa shape index (κ1) is 11.9. The summed E-state index contributed by atoms with van der Waals surface area (Å²) in [5.41, 5.74) is 6.39. The monoisotopic (exact) mass is 325 g/mol. The number of benzene rings is 1. The molecule has 1 aromatic carbocycles. The molecular formula is C9H12INO2S. The number of nitrogens with two attached hydrogens (primary N) is 1. The molecule has 0 spiro atoms. The molecule has 0 amide bonds. The van der Waals surface area contributed by atoms with E-state index in [1.807, 2.05) is 6.07 Å². The van der Waals surface area contributed by atoms with Gasteiger partial charge in [0.1, 0.15) is 0 Å². The molecule has 1 atom stereocenters. The van der Waals surface area contributed by atoms with Gasteiger partial charge in [-0.05, 0) is 53.3 Å². The normalized spacial score (nSPS) is 14.0. The highest BCUT2D eigenvalue weighted by Crippen LogP contribution is 2.23. The minimum atomic E-state index is -3.18. The van der Waals surface area contributed by atoms with Crippen LogP contribution < -0.4 is 5.73 Å². The van der Waals surface area contributed by atoms with Gasteiger partial charge in [-0.1, -0.05) is 0 Å². The summed E-state index contributed by atoms with van der Waals surface area (Å²) in [6.07, 6.45) is 1.20. The van der Waals surface area contributed by atoms with Gasteiger partial charge in [-0.2, -0.15) is 0 Å². The van der Waals surface area contributed by atoms with Crippen LogP contribution in [0.15, 0.2) is 23.1 Å². The Balaban J connectivity index is 3.45. The summed E-state index contributed by atoms with van der Waals surface area (Å²) in [7, 11) is -3.18. The van der Waals surface area contributed by atoms with Crippen molar-refractivity contribution < 1.29 is 8.42 Å². The van der Waals surface area contributed by atoms with E-state index in [-0.39, 0.29) is 6.04 Å². The number of sulfone groups is 1. The summed E-state index contributed by atoms with van der Waals surface area (Å²) in [6.45, 7) is 1.78. The van der Waals surface area contributed by atoms with Crippen LogP contribution in [-0.2, 0) is 9.84 Å². The zero-order chi connectivity index (χ0) is 10.9. The first-order chi connectivity index (χ1) is 6.32. The molecule has 0 heterocycles. The van der Waals surface area contributed by atoms with Crippen molar-refractivity contribution in [2.75, 3.05) is 6.26 Å². The Labute approximate surface area is 97.8 Å².